The van der Waals surface area contributed by atoms with Gasteiger partial charge in [0.05, 0.1) is 6.10 Å². The van der Waals surface area contributed by atoms with E-state index in [-0.39, 0.29) is 5.92 Å². The van der Waals surface area contributed by atoms with Gasteiger partial charge in [-0.3, -0.25) is 0 Å². The zero-order chi connectivity index (χ0) is 14.7. The van der Waals surface area contributed by atoms with Gasteiger partial charge in [0.15, 0.2) is 0 Å². The highest BCUT2D eigenvalue weighted by atomic mass is 79.9. The van der Waals surface area contributed by atoms with E-state index in [0.29, 0.717) is 11.6 Å². The topological polar surface area (TPSA) is 46.2 Å². The highest BCUT2D eigenvalue weighted by molar-refractivity contribution is 9.11. The smallest absolute Gasteiger partial charge is 0.0882 e. The Morgan fingerprint density at radius 3 is 2.45 bits per heavy atom. The fraction of sp³-hybridized carbons (Fsp3) is 0.200. The summed E-state index contributed by atoms with van der Waals surface area (Å²) in [4.78, 5) is 0. The Morgan fingerprint density at radius 2 is 1.80 bits per heavy atom. The molecular formula is C15H14Br2ClNO. The number of hydrogen-bond acceptors (Lipinski definition) is 2. The van der Waals surface area contributed by atoms with E-state index in [0.717, 1.165) is 20.1 Å². The lowest BCUT2D eigenvalue weighted by atomic mass is 9.89. The fourth-order valence-corrected chi connectivity index (χ4v) is 3.30. The minimum atomic E-state index is -0.730. The first-order valence-corrected chi connectivity index (χ1v) is 8.08. The minimum Gasteiger partial charge on any atom is -0.388 e. The maximum absolute atomic E-state index is 10.7. The van der Waals surface area contributed by atoms with Crippen LogP contribution in [0.15, 0.2) is 51.4 Å². The summed E-state index contributed by atoms with van der Waals surface area (Å²) >= 11 is 13.1. The summed E-state index contributed by atoms with van der Waals surface area (Å²) in [6.07, 6.45) is -0.730. The molecule has 2 aromatic rings. The highest BCUT2D eigenvalue weighted by Gasteiger charge is 2.25. The average Bonchev–Trinajstić information content (AvgIpc) is 2.44. The summed E-state index contributed by atoms with van der Waals surface area (Å²) in [6.45, 7) is 0.309. The van der Waals surface area contributed by atoms with Crippen LogP contribution in [-0.4, -0.2) is 11.7 Å². The second-order valence-electron chi connectivity index (χ2n) is 4.47. The molecule has 5 heteroatoms. The van der Waals surface area contributed by atoms with Gasteiger partial charge < -0.3 is 10.8 Å². The van der Waals surface area contributed by atoms with E-state index in [9.17, 15) is 5.11 Å². The molecule has 0 amide bonds. The maximum atomic E-state index is 10.7. The van der Waals surface area contributed by atoms with Crippen LogP contribution < -0.4 is 5.73 Å². The lowest BCUT2D eigenvalue weighted by molar-refractivity contribution is 0.146. The molecule has 0 aromatic heterocycles. The van der Waals surface area contributed by atoms with Crippen LogP contribution >= 0.6 is 43.5 Å². The van der Waals surface area contributed by atoms with Crippen molar-refractivity contribution in [1.29, 1.82) is 0 Å². The molecule has 0 aliphatic rings. The zero-order valence-corrected chi connectivity index (χ0v) is 14.5. The van der Waals surface area contributed by atoms with E-state index in [1.807, 2.05) is 42.5 Å². The summed E-state index contributed by atoms with van der Waals surface area (Å²) in [6, 6.07) is 13.1. The van der Waals surface area contributed by atoms with Crippen molar-refractivity contribution in [3.63, 3.8) is 0 Å². The molecule has 2 rings (SSSR count). The molecule has 2 atom stereocenters. The predicted octanol–water partition coefficient (Wildman–Crippen LogP) is 4.64. The third-order valence-corrected chi connectivity index (χ3v) is 4.78. The number of nitrogens with two attached hydrogens (primary N) is 1. The first-order valence-electron chi connectivity index (χ1n) is 6.12. The fourth-order valence-electron chi connectivity index (χ4n) is 2.16. The monoisotopic (exact) mass is 417 g/mol. The van der Waals surface area contributed by atoms with Crippen LogP contribution in [0, 0.1) is 0 Å². The first kappa shape index (κ1) is 16.0. The molecular weight excluding hydrogens is 405 g/mol. The summed E-state index contributed by atoms with van der Waals surface area (Å²) in [7, 11) is 0. The lowest BCUT2D eigenvalue weighted by Gasteiger charge is -2.24. The summed E-state index contributed by atoms with van der Waals surface area (Å²) in [5, 5.41) is 11.3. The molecule has 0 aliphatic heterocycles. The Balaban J connectivity index is 2.41. The number of aliphatic hydroxyl groups is 1. The molecule has 3 N–H and O–H groups in total. The number of benzene rings is 2. The van der Waals surface area contributed by atoms with Crippen molar-refractivity contribution >= 4 is 43.5 Å². The third-order valence-electron chi connectivity index (χ3n) is 3.22. The third kappa shape index (κ3) is 3.43. The number of aliphatic hydroxyl groups excluding tert-OH is 1. The molecule has 0 saturated heterocycles. The van der Waals surface area contributed by atoms with Crippen LogP contribution in [0.5, 0.6) is 0 Å². The van der Waals surface area contributed by atoms with Gasteiger partial charge in [0.2, 0.25) is 0 Å². The van der Waals surface area contributed by atoms with Crippen LogP contribution in [0.2, 0.25) is 5.02 Å². The van der Waals surface area contributed by atoms with Crippen molar-refractivity contribution in [1.82, 2.24) is 0 Å². The largest absolute Gasteiger partial charge is 0.388 e. The standard InChI is InChI=1S/C15H14Br2ClNO/c16-9-5-6-13(17)11(7-9)15(20)12(8-19)10-3-1-2-4-14(10)18/h1-7,12,15,20H,8,19H2. The van der Waals surface area contributed by atoms with Gasteiger partial charge in [0, 0.05) is 26.4 Å². The Hall–Kier alpha value is -0.390. The predicted molar refractivity (Wildman–Crippen MR) is 90.0 cm³/mol. The van der Waals surface area contributed by atoms with E-state index in [4.69, 9.17) is 17.3 Å². The van der Waals surface area contributed by atoms with Crippen molar-refractivity contribution in [3.05, 3.63) is 67.6 Å². The lowest BCUT2D eigenvalue weighted by Crippen LogP contribution is -2.20. The molecule has 0 radical (unpaired) electrons. The van der Waals surface area contributed by atoms with E-state index < -0.39 is 6.10 Å². The Labute approximate surface area is 140 Å². The number of hydrogen-bond donors (Lipinski definition) is 2. The van der Waals surface area contributed by atoms with Crippen LogP contribution in [0.3, 0.4) is 0 Å². The molecule has 106 valence electrons. The molecule has 2 unspecified atom stereocenters. The van der Waals surface area contributed by atoms with Crippen molar-refractivity contribution < 1.29 is 5.11 Å². The van der Waals surface area contributed by atoms with Gasteiger partial charge in [-0.05, 0) is 35.4 Å². The average molecular weight is 420 g/mol. The van der Waals surface area contributed by atoms with Crippen molar-refractivity contribution in [3.8, 4) is 0 Å². The van der Waals surface area contributed by atoms with E-state index in [2.05, 4.69) is 31.9 Å². The maximum Gasteiger partial charge on any atom is 0.0882 e. The minimum absolute atomic E-state index is 0.255. The van der Waals surface area contributed by atoms with Gasteiger partial charge in [-0.25, -0.2) is 0 Å². The molecule has 0 bridgehead atoms. The van der Waals surface area contributed by atoms with Crippen LogP contribution in [0.25, 0.3) is 0 Å². The summed E-state index contributed by atoms with van der Waals surface area (Å²) in [5.41, 5.74) is 7.50. The summed E-state index contributed by atoms with van der Waals surface area (Å²) in [5.74, 6) is -0.255. The van der Waals surface area contributed by atoms with E-state index in [1.165, 1.54) is 0 Å². The second-order valence-corrected chi connectivity index (χ2v) is 6.65. The highest BCUT2D eigenvalue weighted by Crippen LogP contribution is 2.37. The van der Waals surface area contributed by atoms with Crippen molar-refractivity contribution in [2.45, 2.75) is 12.0 Å². The van der Waals surface area contributed by atoms with Gasteiger partial charge in [0.25, 0.3) is 0 Å². The van der Waals surface area contributed by atoms with Gasteiger partial charge >= 0.3 is 0 Å². The van der Waals surface area contributed by atoms with E-state index >= 15 is 0 Å². The van der Waals surface area contributed by atoms with Gasteiger partial charge in [-0.2, -0.15) is 0 Å². The number of rotatable bonds is 4. The summed E-state index contributed by atoms with van der Waals surface area (Å²) < 4.78 is 1.75. The molecule has 2 aromatic carbocycles. The Morgan fingerprint density at radius 1 is 1.10 bits per heavy atom. The van der Waals surface area contributed by atoms with Gasteiger partial charge in [0.1, 0.15) is 0 Å². The van der Waals surface area contributed by atoms with Crippen LogP contribution in [-0.2, 0) is 0 Å². The molecule has 2 nitrogen and oxygen atoms in total. The van der Waals surface area contributed by atoms with Gasteiger partial charge in [-0.15, -0.1) is 0 Å². The molecule has 0 aliphatic carbocycles. The molecule has 20 heavy (non-hydrogen) atoms. The molecule has 0 fully saturated rings. The Bertz CT molecular complexity index is 606. The van der Waals surface area contributed by atoms with Crippen LogP contribution in [0.4, 0.5) is 0 Å². The van der Waals surface area contributed by atoms with E-state index in [1.54, 1.807) is 0 Å². The number of halogens is 3. The molecule has 0 spiro atoms. The van der Waals surface area contributed by atoms with Crippen molar-refractivity contribution in [2.24, 2.45) is 5.73 Å². The quantitative estimate of drug-likeness (QED) is 0.758. The zero-order valence-electron chi connectivity index (χ0n) is 10.6. The first-order chi connectivity index (χ1) is 9.54. The molecule has 0 saturated carbocycles. The SMILES string of the molecule is NCC(c1ccccc1Cl)C(O)c1cc(Br)ccc1Br. The molecule has 0 heterocycles. The Kier molecular flexibility index (Phi) is 5.64. The van der Waals surface area contributed by atoms with Crippen LogP contribution in [0.1, 0.15) is 23.1 Å². The normalized spacial score (nSPS) is 14.1. The van der Waals surface area contributed by atoms with Crippen molar-refractivity contribution in [2.75, 3.05) is 6.54 Å². The van der Waals surface area contributed by atoms with Gasteiger partial charge in [-0.1, -0.05) is 61.7 Å². The second kappa shape index (κ2) is 7.05.